The predicted octanol–water partition coefficient (Wildman–Crippen LogP) is 1.66. The second kappa shape index (κ2) is 4.50. The summed E-state index contributed by atoms with van der Waals surface area (Å²) in [7, 11) is 0. The summed E-state index contributed by atoms with van der Waals surface area (Å²) < 4.78 is 0. The number of benzene rings is 1. The molecule has 0 aliphatic rings. The molecule has 0 aromatic heterocycles. The van der Waals surface area contributed by atoms with Crippen molar-refractivity contribution in [3.05, 3.63) is 24.3 Å². The third-order valence-electron chi connectivity index (χ3n) is 1.83. The van der Waals surface area contributed by atoms with Crippen molar-refractivity contribution in [2.75, 3.05) is 17.6 Å². The van der Waals surface area contributed by atoms with E-state index in [1.165, 1.54) is 0 Å². The van der Waals surface area contributed by atoms with Crippen LogP contribution in [0.3, 0.4) is 0 Å². The van der Waals surface area contributed by atoms with Crippen LogP contribution in [0.5, 0.6) is 0 Å². The maximum Gasteiger partial charge on any atom is 0.151 e. The largest absolute Gasteiger partial charge is 0.397 e. The third kappa shape index (κ3) is 2.78. The minimum Gasteiger partial charge on any atom is -0.397 e. The van der Waals surface area contributed by atoms with Crippen LogP contribution in [-0.4, -0.2) is 12.3 Å². The first-order valence-electron chi connectivity index (χ1n) is 4.34. The second-order valence-electron chi connectivity index (χ2n) is 2.83. The summed E-state index contributed by atoms with van der Waals surface area (Å²) in [6, 6.07) is 7.41. The van der Waals surface area contributed by atoms with E-state index in [2.05, 4.69) is 5.32 Å². The molecule has 0 aliphatic carbocycles. The van der Waals surface area contributed by atoms with Crippen LogP contribution in [0.4, 0.5) is 11.4 Å². The Kier molecular flexibility index (Phi) is 3.31. The van der Waals surface area contributed by atoms with Crippen molar-refractivity contribution < 1.29 is 4.79 Å². The Balaban J connectivity index is 2.54. The highest BCUT2D eigenvalue weighted by Gasteiger charge is 1.99. The summed E-state index contributed by atoms with van der Waals surface area (Å²) in [4.78, 5) is 11.0. The van der Waals surface area contributed by atoms with Gasteiger partial charge in [0.1, 0.15) is 0 Å². The fraction of sp³-hybridized carbons (Fsp3) is 0.300. The molecule has 0 fully saturated rings. The number of nitrogen functional groups attached to an aromatic ring is 1. The molecule has 3 heteroatoms. The van der Waals surface area contributed by atoms with Crippen LogP contribution in [0.15, 0.2) is 24.3 Å². The number of carbonyl (C=O) groups is 1. The molecule has 3 nitrogen and oxygen atoms in total. The molecule has 0 atom stereocenters. The lowest BCUT2D eigenvalue weighted by Crippen LogP contribution is -2.13. The lowest BCUT2D eigenvalue weighted by molar-refractivity contribution is -0.117. The van der Waals surface area contributed by atoms with E-state index in [1.54, 1.807) is 6.07 Å². The van der Waals surface area contributed by atoms with Crippen molar-refractivity contribution in [1.82, 2.24) is 0 Å². The Hall–Kier alpha value is -1.51. The lowest BCUT2D eigenvalue weighted by atomic mass is 10.2. The predicted molar refractivity (Wildman–Crippen MR) is 54.6 cm³/mol. The fourth-order valence-corrected chi connectivity index (χ4v) is 0.977. The van der Waals surface area contributed by atoms with Crippen molar-refractivity contribution in [3.63, 3.8) is 0 Å². The molecule has 0 radical (unpaired) electrons. The van der Waals surface area contributed by atoms with Gasteiger partial charge in [-0.1, -0.05) is 19.1 Å². The topological polar surface area (TPSA) is 55.1 Å². The molecular weight excluding hydrogens is 164 g/mol. The zero-order chi connectivity index (χ0) is 9.68. The van der Waals surface area contributed by atoms with Gasteiger partial charge >= 0.3 is 0 Å². The first kappa shape index (κ1) is 9.58. The molecule has 0 saturated carbocycles. The van der Waals surface area contributed by atoms with Crippen LogP contribution in [0.25, 0.3) is 0 Å². The molecule has 1 rings (SSSR count). The van der Waals surface area contributed by atoms with Gasteiger partial charge in [-0.3, -0.25) is 4.79 Å². The molecule has 0 amide bonds. The van der Waals surface area contributed by atoms with Gasteiger partial charge in [-0.15, -0.1) is 0 Å². The second-order valence-corrected chi connectivity index (χ2v) is 2.83. The molecule has 0 saturated heterocycles. The third-order valence-corrected chi connectivity index (χ3v) is 1.83. The van der Waals surface area contributed by atoms with E-state index >= 15 is 0 Å². The summed E-state index contributed by atoms with van der Waals surface area (Å²) in [6.07, 6.45) is 0.555. The summed E-state index contributed by atoms with van der Waals surface area (Å²) in [5, 5.41) is 2.99. The van der Waals surface area contributed by atoms with Gasteiger partial charge in [0.2, 0.25) is 0 Å². The van der Waals surface area contributed by atoms with Gasteiger partial charge < -0.3 is 11.1 Å². The average Bonchev–Trinajstić information content (AvgIpc) is 2.16. The highest BCUT2D eigenvalue weighted by atomic mass is 16.1. The number of Topliss-reactive ketones (excluding diaryl/α,β-unsaturated/α-hetero) is 1. The zero-order valence-electron chi connectivity index (χ0n) is 7.71. The Morgan fingerprint density at radius 3 is 2.77 bits per heavy atom. The standard InChI is InChI=1S/C10H14N2O/c1-2-8(13)7-12-10-6-4-3-5-9(10)11/h3-6,12H,2,7,11H2,1H3. The Morgan fingerprint density at radius 2 is 2.15 bits per heavy atom. The van der Waals surface area contributed by atoms with Gasteiger partial charge in [-0.05, 0) is 12.1 Å². The minimum atomic E-state index is 0.184. The van der Waals surface area contributed by atoms with Gasteiger partial charge in [0.15, 0.2) is 5.78 Å². The van der Waals surface area contributed by atoms with Gasteiger partial charge in [-0.25, -0.2) is 0 Å². The highest BCUT2D eigenvalue weighted by molar-refractivity contribution is 5.83. The van der Waals surface area contributed by atoms with Gasteiger partial charge in [0, 0.05) is 6.42 Å². The Labute approximate surface area is 77.9 Å². The van der Waals surface area contributed by atoms with E-state index in [9.17, 15) is 4.79 Å². The first-order valence-corrected chi connectivity index (χ1v) is 4.34. The van der Waals surface area contributed by atoms with Crippen LogP contribution in [0, 0.1) is 0 Å². The molecule has 13 heavy (non-hydrogen) atoms. The van der Waals surface area contributed by atoms with E-state index in [4.69, 9.17) is 5.73 Å². The summed E-state index contributed by atoms with van der Waals surface area (Å²) >= 11 is 0. The quantitative estimate of drug-likeness (QED) is 0.689. The van der Waals surface area contributed by atoms with Crippen molar-refractivity contribution in [2.24, 2.45) is 0 Å². The molecule has 70 valence electrons. The molecule has 0 spiro atoms. The van der Waals surface area contributed by atoms with Crippen LogP contribution in [0.1, 0.15) is 13.3 Å². The van der Waals surface area contributed by atoms with Crippen LogP contribution >= 0.6 is 0 Å². The highest BCUT2D eigenvalue weighted by Crippen LogP contribution is 2.15. The van der Waals surface area contributed by atoms with E-state index < -0.39 is 0 Å². The van der Waals surface area contributed by atoms with Crippen LogP contribution < -0.4 is 11.1 Å². The smallest absolute Gasteiger partial charge is 0.151 e. The number of hydrogen-bond acceptors (Lipinski definition) is 3. The van der Waals surface area contributed by atoms with E-state index in [-0.39, 0.29) is 5.78 Å². The molecule has 1 aromatic rings. The van der Waals surface area contributed by atoms with Crippen LogP contribution in [0.2, 0.25) is 0 Å². The molecule has 3 N–H and O–H groups in total. The number of rotatable bonds is 4. The minimum absolute atomic E-state index is 0.184. The maximum absolute atomic E-state index is 11.0. The van der Waals surface area contributed by atoms with Crippen molar-refractivity contribution >= 4 is 17.2 Å². The average molecular weight is 178 g/mol. The number of nitrogens with two attached hydrogens (primary N) is 1. The van der Waals surface area contributed by atoms with Crippen molar-refractivity contribution in [2.45, 2.75) is 13.3 Å². The normalized spacial score (nSPS) is 9.62. The van der Waals surface area contributed by atoms with E-state index in [1.807, 2.05) is 25.1 Å². The summed E-state index contributed by atoms with van der Waals surface area (Å²) in [5.74, 6) is 0.184. The van der Waals surface area contributed by atoms with Gasteiger partial charge in [-0.2, -0.15) is 0 Å². The zero-order valence-corrected chi connectivity index (χ0v) is 7.71. The fourth-order valence-electron chi connectivity index (χ4n) is 0.977. The summed E-state index contributed by atoms with van der Waals surface area (Å²) in [5.41, 5.74) is 7.17. The Bertz CT molecular complexity index is 297. The van der Waals surface area contributed by atoms with Crippen LogP contribution in [-0.2, 0) is 4.79 Å². The number of carbonyl (C=O) groups excluding carboxylic acids is 1. The van der Waals surface area contributed by atoms with E-state index in [0.717, 1.165) is 5.69 Å². The maximum atomic E-state index is 11.0. The molecule has 0 unspecified atom stereocenters. The molecule has 0 aliphatic heterocycles. The van der Waals surface area contributed by atoms with Crippen molar-refractivity contribution in [1.29, 1.82) is 0 Å². The monoisotopic (exact) mass is 178 g/mol. The molecule has 0 heterocycles. The molecule has 1 aromatic carbocycles. The number of ketones is 1. The molecular formula is C10H14N2O. The number of nitrogens with one attached hydrogen (secondary N) is 1. The Morgan fingerprint density at radius 1 is 1.46 bits per heavy atom. The first-order chi connectivity index (χ1) is 6.24. The van der Waals surface area contributed by atoms with E-state index in [0.29, 0.717) is 18.7 Å². The number of anilines is 2. The SMILES string of the molecule is CCC(=O)CNc1ccccc1N. The molecule has 0 bridgehead atoms. The van der Waals surface area contributed by atoms with Gasteiger partial charge in [0.25, 0.3) is 0 Å². The number of para-hydroxylation sites is 2. The van der Waals surface area contributed by atoms with Gasteiger partial charge in [0.05, 0.1) is 17.9 Å². The lowest BCUT2D eigenvalue weighted by Gasteiger charge is -2.06. The summed E-state index contributed by atoms with van der Waals surface area (Å²) in [6.45, 7) is 2.20. The number of hydrogen-bond donors (Lipinski definition) is 2. The van der Waals surface area contributed by atoms with Crippen molar-refractivity contribution in [3.8, 4) is 0 Å².